The Labute approximate surface area is 191 Å². The number of carbonyl (C=O) groups is 3. The number of fused-ring (bicyclic) bond motifs is 5. The fourth-order valence-corrected chi connectivity index (χ4v) is 4.59. The van der Waals surface area contributed by atoms with Gasteiger partial charge in [-0.25, -0.2) is 14.8 Å². The molecule has 1 aromatic heterocycles. The van der Waals surface area contributed by atoms with E-state index in [1.165, 1.54) is 24.1 Å². The molecule has 4 aromatic rings. The van der Waals surface area contributed by atoms with Gasteiger partial charge < -0.3 is 5.11 Å². The van der Waals surface area contributed by atoms with Gasteiger partial charge in [-0.15, -0.1) is 0 Å². The molecule has 1 heterocycles. The van der Waals surface area contributed by atoms with Crippen molar-refractivity contribution in [2.45, 2.75) is 32.6 Å². The number of hydrogen-bond acceptors (Lipinski definition) is 5. The second-order valence-electron chi connectivity index (χ2n) is 8.03. The Hall–Kier alpha value is -3.93. The molecule has 3 aromatic carbocycles. The zero-order valence-corrected chi connectivity index (χ0v) is 18.5. The molecule has 0 saturated heterocycles. The number of ketones is 2. The van der Waals surface area contributed by atoms with Crippen LogP contribution in [0.3, 0.4) is 0 Å². The van der Waals surface area contributed by atoms with Crippen LogP contribution in [0.4, 0.5) is 0 Å². The lowest BCUT2D eigenvalue weighted by atomic mass is 9.71. The van der Waals surface area contributed by atoms with E-state index in [-0.39, 0.29) is 23.0 Å². The lowest BCUT2D eigenvalue weighted by Gasteiger charge is -2.29. The summed E-state index contributed by atoms with van der Waals surface area (Å²) >= 11 is 0. The normalized spacial score (nSPS) is 17.4. The summed E-state index contributed by atoms with van der Waals surface area (Å²) in [5.74, 6) is -1.55. The molecule has 2 atom stereocenters. The van der Waals surface area contributed by atoms with E-state index < -0.39 is 11.9 Å². The summed E-state index contributed by atoms with van der Waals surface area (Å²) in [4.78, 5) is 42.9. The monoisotopic (exact) mass is 440 g/mol. The van der Waals surface area contributed by atoms with Crippen LogP contribution in [0, 0.1) is 5.92 Å². The minimum Gasteiger partial charge on any atom is -0.478 e. The maximum atomic E-state index is 13.0. The second-order valence-corrected chi connectivity index (χ2v) is 8.03. The predicted molar refractivity (Wildman–Crippen MR) is 127 cm³/mol. The molecule has 1 N–H and O–H groups in total. The molecule has 5 rings (SSSR count). The Balaban J connectivity index is 0.000000243. The largest absolute Gasteiger partial charge is 0.478 e. The third-order valence-corrected chi connectivity index (χ3v) is 6.21. The van der Waals surface area contributed by atoms with Crippen molar-refractivity contribution in [3.63, 3.8) is 0 Å². The molecule has 0 bridgehead atoms. The van der Waals surface area contributed by atoms with Crippen molar-refractivity contribution in [3.05, 3.63) is 83.9 Å². The van der Waals surface area contributed by atoms with Crippen molar-refractivity contribution in [2.75, 3.05) is 0 Å². The van der Waals surface area contributed by atoms with E-state index >= 15 is 0 Å². The Kier molecular flexibility index (Phi) is 6.27. The minimum absolute atomic E-state index is 0.00285. The van der Waals surface area contributed by atoms with Crippen molar-refractivity contribution in [2.24, 2.45) is 5.92 Å². The van der Waals surface area contributed by atoms with E-state index in [2.05, 4.69) is 34.2 Å². The minimum atomic E-state index is -1.00. The first kappa shape index (κ1) is 22.3. The van der Waals surface area contributed by atoms with Crippen LogP contribution in [0.1, 0.15) is 58.9 Å². The van der Waals surface area contributed by atoms with Gasteiger partial charge >= 0.3 is 5.97 Å². The van der Waals surface area contributed by atoms with E-state index in [1.807, 2.05) is 38.1 Å². The number of Topliss-reactive ketones (excluding diaryl/α,β-unsaturated/α-hetero) is 2. The lowest BCUT2D eigenvalue weighted by Crippen LogP contribution is -2.34. The lowest BCUT2D eigenvalue weighted by molar-refractivity contribution is -0.123. The van der Waals surface area contributed by atoms with Crippen LogP contribution in [-0.2, 0) is 4.79 Å². The first-order valence-electron chi connectivity index (χ1n) is 11.0. The van der Waals surface area contributed by atoms with E-state index in [9.17, 15) is 14.4 Å². The molecule has 1 aliphatic rings. The van der Waals surface area contributed by atoms with Gasteiger partial charge in [0, 0.05) is 23.9 Å². The first-order valence-corrected chi connectivity index (χ1v) is 11.0. The van der Waals surface area contributed by atoms with Gasteiger partial charge in [-0.1, -0.05) is 62.4 Å². The molecular formula is C27H24N2O4. The van der Waals surface area contributed by atoms with Gasteiger partial charge in [-0.05, 0) is 39.9 Å². The molecule has 33 heavy (non-hydrogen) atoms. The number of carboxylic acid groups (broad SMARTS) is 1. The maximum Gasteiger partial charge on any atom is 0.338 e. The molecule has 0 aliphatic heterocycles. The van der Waals surface area contributed by atoms with Crippen molar-refractivity contribution in [1.29, 1.82) is 0 Å². The third kappa shape index (κ3) is 4.00. The Morgan fingerprint density at radius 3 is 2.15 bits per heavy atom. The molecule has 0 radical (unpaired) electrons. The van der Waals surface area contributed by atoms with Crippen LogP contribution in [0.2, 0.25) is 0 Å². The molecule has 0 fully saturated rings. The van der Waals surface area contributed by atoms with Crippen LogP contribution in [0.5, 0.6) is 0 Å². The summed E-state index contributed by atoms with van der Waals surface area (Å²) in [6.45, 7) is 3.96. The van der Waals surface area contributed by atoms with E-state index in [0.717, 1.165) is 33.7 Å². The van der Waals surface area contributed by atoms with E-state index in [1.54, 1.807) is 0 Å². The molecule has 6 nitrogen and oxygen atoms in total. The van der Waals surface area contributed by atoms with Crippen molar-refractivity contribution >= 4 is 39.1 Å². The van der Waals surface area contributed by atoms with Gasteiger partial charge in [-0.2, -0.15) is 0 Å². The molecular weight excluding hydrogens is 416 g/mol. The second kappa shape index (κ2) is 9.28. The average Bonchev–Trinajstić information content (AvgIpc) is 2.85. The number of rotatable bonds is 3. The van der Waals surface area contributed by atoms with Gasteiger partial charge in [-0.3, -0.25) is 9.59 Å². The predicted octanol–water partition coefficient (Wildman–Crippen LogP) is 5.45. The molecule has 0 saturated carbocycles. The molecule has 2 unspecified atom stereocenters. The summed E-state index contributed by atoms with van der Waals surface area (Å²) in [6.07, 6.45) is 5.10. The number of hydrogen-bond donors (Lipinski definition) is 1. The summed E-state index contributed by atoms with van der Waals surface area (Å²) in [7, 11) is 0. The zero-order valence-electron chi connectivity index (χ0n) is 18.5. The fourth-order valence-electron chi connectivity index (χ4n) is 4.59. The highest BCUT2D eigenvalue weighted by molar-refractivity contribution is 6.24. The summed E-state index contributed by atoms with van der Waals surface area (Å²) < 4.78 is 0. The molecule has 166 valence electrons. The van der Waals surface area contributed by atoms with Gasteiger partial charge in [0.05, 0.1) is 11.5 Å². The molecule has 0 amide bonds. The van der Waals surface area contributed by atoms with E-state index in [0.29, 0.717) is 6.42 Å². The zero-order chi connectivity index (χ0) is 23.5. The van der Waals surface area contributed by atoms with Gasteiger partial charge in [0.25, 0.3) is 0 Å². The molecule has 0 spiro atoms. The van der Waals surface area contributed by atoms with Gasteiger partial charge in [0.2, 0.25) is 0 Å². The van der Waals surface area contributed by atoms with Crippen LogP contribution in [0.25, 0.3) is 21.5 Å². The Morgan fingerprint density at radius 1 is 0.848 bits per heavy atom. The third-order valence-electron chi connectivity index (χ3n) is 6.21. The smallest absolute Gasteiger partial charge is 0.338 e. The first-order chi connectivity index (χ1) is 16.0. The quantitative estimate of drug-likeness (QED) is 0.336. The highest BCUT2D eigenvalue weighted by atomic mass is 16.4. The van der Waals surface area contributed by atoms with Gasteiger partial charge in [0.15, 0.2) is 11.6 Å². The number of aromatic nitrogens is 2. The highest BCUT2D eigenvalue weighted by Crippen LogP contribution is 2.40. The molecule has 6 heteroatoms. The molecule has 1 aliphatic carbocycles. The number of benzene rings is 3. The van der Waals surface area contributed by atoms with Gasteiger partial charge in [0.1, 0.15) is 6.33 Å². The average molecular weight is 440 g/mol. The Morgan fingerprint density at radius 2 is 1.52 bits per heavy atom. The standard InChI is InChI=1S/C22H20O2.C5H4N2O2/c1-3-14-18-12-11-17-16-8-6-5-7-13(16)9-10-19(17)20(18)22(24)15(4-2)21(14)23;8-5(9)4-1-6-3-7-2-4/h5-12,14-15H,3-4H2,1-2H3;1-3H,(H,8,9). The van der Waals surface area contributed by atoms with Crippen molar-refractivity contribution in [3.8, 4) is 0 Å². The fraction of sp³-hybridized carbons (Fsp3) is 0.222. The topological polar surface area (TPSA) is 97.2 Å². The number of carboxylic acids is 1. The number of nitrogens with zero attached hydrogens (tertiary/aromatic N) is 2. The summed E-state index contributed by atoms with van der Waals surface area (Å²) in [6, 6.07) is 16.4. The van der Waals surface area contributed by atoms with Crippen LogP contribution in [0.15, 0.2) is 67.3 Å². The van der Waals surface area contributed by atoms with Crippen LogP contribution >= 0.6 is 0 Å². The number of aromatic carboxylic acids is 1. The van der Waals surface area contributed by atoms with Crippen LogP contribution < -0.4 is 0 Å². The summed E-state index contributed by atoms with van der Waals surface area (Å²) in [5.41, 5.74) is 1.80. The van der Waals surface area contributed by atoms with Crippen LogP contribution in [-0.4, -0.2) is 32.6 Å². The SMILES string of the molecule is CCC1C(=O)c2c(ccc3c2ccc2ccccc23)C(CC)C1=O.O=C(O)c1cncnc1. The van der Waals surface area contributed by atoms with Crippen molar-refractivity contribution in [1.82, 2.24) is 9.97 Å². The Bertz CT molecular complexity index is 1360. The van der Waals surface area contributed by atoms with Crippen molar-refractivity contribution < 1.29 is 19.5 Å². The maximum absolute atomic E-state index is 13.0. The highest BCUT2D eigenvalue weighted by Gasteiger charge is 2.39. The number of carbonyl (C=O) groups excluding carboxylic acids is 2. The van der Waals surface area contributed by atoms with E-state index in [4.69, 9.17) is 5.11 Å². The summed E-state index contributed by atoms with van der Waals surface area (Å²) in [5, 5.41) is 12.7.